The molecule has 0 radical (unpaired) electrons. The Morgan fingerprint density at radius 1 is 0.838 bits per heavy atom. The molecule has 3 rings (SSSR count). The van der Waals surface area contributed by atoms with Crippen LogP contribution in [0.5, 0.6) is 0 Å². The minimum Gasteiger partial charge on any atom is -0.460 e. The smallest absolute Gasteiger partial charge is 0.329 e. The third-order valence-electron chi connectivity index (χ3n) is 15.4. The Hall–Kier alpha value is -4.27. The van der Waals surface area contributed by atoms with E-state index in [1.54, 1.807) is 39.0 Å². The normalized spacial score (nSPS) is 33.4. The number of fused-ring (bicyclic) bond motifs is 1. The number of nitrogens with zero attached hydrogens (tertiary/aromatic N) is 1. The van der Waals surface area contributed by atoms with Gasteiger partial charge in [-0.15, -0.1) is 0 Å². The average Bonchev–Trinajstić information content (AvgIpc) is 3.38. The van der Waals surface area contributed by atoms with Gasteiger partial charge in [0.25, 0.3) is 11.7 Å². The maximum atomic E-state index is 14.4. The number of Topliss-reactive ketones (excluding diaryl/α,β-unsaturated/α-hetero) is 4. The van der Waals surface area contributed by atoms with Crippen LogP contribution in [-0.4, -0.2) is 167 Å². The number of methoxy groups -OCH3 is 3. The largest absolute Gasteiger partial charge is 0.460 e. The molecule has 5 N–H and O–H groups in total. The molecule has 15 atom stereocenters. The molecule has 74 heavy (non-hydrogen) atoms. The number of cyclic esters (lactones) is 1. The van der Waals surface area contributed by atoms with E-state index >= 15 is 0 Å². The SMILES string of the molecule is CO[C@H]1CC(O)CC(O)[C@@H](C)C(=O)C(=O)C(=O)N2CCCC[C@H]2C(=O)O[C@H]([C@H](C)C[C@@H]2CC[C@@H](OC(=O)C(C)(CO)CO)[C@H](OC)C2)CC(=O)C(C)=CC(C)[C@@H](O)[C@@H](OC)C(=O)[C@H](C)C[C@H](C)C=CC=CC=C1C. The quantitative estimate of drug-likeness (QED) is 0.149. The lowest BCUT2D eigenvalue weighted by Gasteiger charge is -2.38. The number of carbonyl (C=O) groups is 7. The highest BCUT2D eigenvalue weighted by Crippen LogP contribution is 2.36. The van der Waals surface area contributed by atoms with E-state index in [9.17, 15) is 59.1 Å². The van der Waals surface area contributed by atoms with Crippen LogP contribution in [0, 0.1) is 40.9 Å². The molecule has 2 aliphatic heterocycles. The van der Waals surface area contributed by atoms with Gasteiger partial charge in [0, 0.05) is 64.9 Å². The Kier molecular flexibility index (Phi) is 26.4. The molecule has 3 unspecified atom stereocenters. The molecular formula is C56H87NO17. The first kappa shape index (κ1) is 64.0. The third kappa shape index (κ3) is 17.9. The lowest BCUT2D eigenvalue weighted by molar-refractivity contribution is -0.177. The zero-order valence-electron chi connectivity index (χ0n) is 45.6. The van der Waals surface area contributed by atoms with E-state index in [0.29, 0.717) is 44.9 Å². The Morgan fingerprint density at radius 2 is 1.51 bits per heavy atom. The number of piperidine rings is 1. The van der Waals surface area contributed by atoms with Crippen LogP contribution in [0.1, 0.15) is 126 Å². The number of hydrogen-bond acceptors (Lipinski definition) is 17. The zero-order valence-corrected chi connectivity index (χ0v) is 45.6. The summed E-state index contributed by atoms with van der Waals surface area (Å²) in [6.45, 7) is 12.0. The van der Waals surface area contributed by atoms with Crippen LogP contribution in [0.3, 0.4) is 0 Å². The van der Waals surface area contributed by atoms with Gasteiger partial charge in [-0.05, 0) is 101 Å². The van der Waals surface area contributed by atoms with Crippen LogP contribution in [0.4, 0.5) is 0 Å². The van der Waals surface area contributed by atoms with Crippen LogP contribution in [0.2, 0.25) is 0 Å². The van der Waals surface area contributed by atoms with E-state index in [0.717, 1.165) is 10.5 Å². The molecule has 418 valence electrons. The molecule has 1 amide bonds. The Labute approximate surface area is 437 Å². The van der Waals surface area contributed by atoms with Crippen molar-refractivity contribution in [3.8, 4) is 0 Å². The van der Waals surface area contributed by atoms with Gasteiger partial charge < -0.3 is 54.1 Å². The summed E-state index contributed by atoms with van der Waals surface area (Å²) in [5.74, 6) is -9.45. The van der Waals surface area contributed by atoms with Crippen molar-refractivity contribution < 1.29 is 82.8 Å². The van der Waals surface area contributed by atoms with Crippen molar-refractivity contribution in [2.75, 3.05) is 41.1 Å². The second kappa shape index (κ2) is 30.5. The summed E-state index contributed by atoms with van der Waals surface area (Å²) < 4.78 is 28.9. The number of aliphatic hydroxyl groups is 5. The molecule has 3 aliphatic rings. The minimum atomic E-state index is -1.51. The van der Waals surface area contributed by atoms with Crippen LogP contribution in [0.25, 0.3) is 0 Å². The standard InChI is InChI=1S/C56H87NO17/c1-32-17-13-12-14-18-33(2)45(70-9)28-40(60)27-43(62)38(7)50(65)51(66)53(67)57-22-16-15-19-41(57)54(68)73-46(29-42(61)34(3)24-37(6)49(64)52(72-11)48(63)36(5)23-32)35(4)25-39-20-21-44(47(26-39)71-10)74-55(69)56(8,30-58)31-59/h12-14,17-18,24,32,35-41,43-47,49,52,58-60,62,64H,15-16,19-23,25-31H2,1-11H3/t32-,35-,36-,37?,38-,39+,40?,41+,43?,44-,45+,46+,47-,49-,52+/m1/s1. The summed E-state index contributed by atoms with van der Waals surface area (Å²) >= 11 is 0. The van der Waals surface area contributed by atoms with Crippen molar-refractivity contribution in [2.45, 2.75) is 181 Å². The van der Waals surface area contributed by atoms with Gasteiger partial charge in [-0.2, -0.15) is 0 Å². The molecule has 0 aromatic heterocycles. The van der Waals surface area contributed by atoms with Gasteiger partial charge in [0.2, 0.25) is 5.78 Å². The molecule has 0 aromatic carbocycles. The van der Waals surface area contributed by atoms with Crippen LogP contribution in [0.15, 0.2) is 47.6 Å². The van der Waals surface area contributed by atoms with E-state index in [2.05, 4.69) is 0 Å². The maximum absolute atomic E-state index is 14.4. The van der Waals surface area contributed by atoms with Crippen LogP contribution < -0.4 is 0 Å². The molecule has 18 nitrogen and oxygen atoms in total. The number of carbonyl (C=O) groups excluding carboxylic acids is 7. The first-order valence-corrected chi connectivity index (χ1v) is 26.3. The number of aliphatic hydroxyl groups excluding tert-OH is 5. The number of ether oxygens (including phenoxy) is 5. The second-order valence-corrected chi connectivity index (χ2v) is 21.6. The summed E-state index contributed by atoms with van der Waals surface area (Å²) in [6, 6.07) is -1.29. The van der Waals surface area contributed by atoms with E-state index in [4.69, 9.17) is 23.7 Å². The van der Waals surface area contributed by atoms with Gasteiger partial charge >= 0.3 is 11.9 Å². The number of ketones is 4. The second-order valence-electron chi connectivity index (χ2n) is 21.6. The minimum absolute atomic E-state index is 0.0375. The maximum Gasteiger partial charge on any atom is 0.329 e. The van der Waals surface area contributed by atoms with Crippen molar-refractivity contribution in [1.29, 1.82) is 0 Å². The Bertz CT molecular complexity index is 2020. The van der Waals surface area contributed by atoms with E-state index in [-0.39, 0.29) is 55.4 Å². The lowest BCUT2D eigenvalue weighted by atomic mass is 9.78. The van der Waals surface area contributed by atoms with Gasteiger partial charge in [-0.1, -0.05) is 71.1 Å². The van der Waals surface area contributed by atoms with Crippen LogP contribution >= 0.6 is 0 Å². The number of rotatable bonds is 10. The number of hydrogen-bond donors (Lipinski definition) is 5. The van der Waals surface area contributed by atoms with Crippen LogP contribution in [-0.2, 0) is 57.2 Å². The molecule has 0 aromatic rings. The van der Waals surface area contributed by atoms with Gasteiger partial charge in [-0.3, -0.25) is 28.8 Å². The fourth-order valence-corrected chi connectivity index (χ4v) is 10.1. The first-order chi connectivity index (χ1) is 34.9. The summed E-state index contributed by atoms with van der Waals surface area (Å²) in [5, 5.41) is 53.1. The number of allylic oxidation sites excluding steroid dienone is 6. The van der Waals surface area contributed by atoms with Crippen molar-refractivity contribution in [3.05, 3.63) is 47.6 Å². The number of esters is 2. The van der Waals surface area contributed by atoms with Crippen molar-refractivity contribution in [1.82, 2.24) is 4.90 Å². The molecule has 18 heteroatoms. The number of amides is 1. The molecule has 1 aliphatic carbocycles. The Morgan fingerprint density at radius 3 is 2.14 bits per heavy atom. The van der Waals surface area contributed by atoms with Gasteiger partial charge in [0.05, 0.1) is 43.7 Å². The van der Waals surface area contributed by atoms with Crippen molar-refractivity contribution >= 4 is 41.0 Å². The third-order valence-corrected chi connectivity index (χ3v) is 15.4. The molecule has 1 saturated carbocycles. The fraction of sp³-hybridized carbons (Fsp3) is 0.732. The van der Waals surface area contributed by atoms with Crippen molar-refractivity contribution in [3.63, 3.8) is 0 Å². The molecule has 0 bridgehead atoms. The van der Waals surface area contributed by atoms with Gasteiger partial charge in [-0.25, -0.2) is 4.79 Å². The van der Waals surface area contributed by atoms with E-state index in [1.807, 2.05) is 39.0 Å². The Balaban J connectivity index is 2.01. The summed E-state index contributed by atoms with van der Waals surface area (Å²) in [6.07, 6.45) is 5.32. The summed E-state index contributed by atoms with van der Waals surface area (Å²) in [5.41, 5.74) is -0.518. The highest BCUT2D eigenvalue weighted by molar-refractivity contribution is 6.63. The molecule has 0 spiro atoms. The predicted octanol–water partition coefficient (Wildman–Crippen LogP) is 4.54. The lowest BCUT2D eigenvalue weighted by Crippen LogP contribution is -2.53. The predicted molar refractivity (Wildman–Crippen MR) is 274 cm³/mol. The van der Waals surface area contributed by atoms with E-state index in [1.165, 1.54) is 35.2 Å². The van der Waals surface area contributed by atoms with Gasteiger partial charge in [0.15, 0.2) is 11.6 Å². The summed E-state index contributed by atoms with van der Waals surface area (Å²) in [4.78, 5) is 97.4. The zero-order chi connectivity index (χ0) is 55.6. The van der Waals surface area contributed by atoms with E-state index < -0.39 is 132 Å². The molecular weight excluding hydrogens is 959 g/mol. The fourth-order valence-electron chi connectivity index (χ4n) is 10.1. The van der Waals surface area contributed by atoms with Gasteiger partial charge in [0.1, 0.15) is 29.8 Å². The summed E-state index contributed by atoms with van der Waals surface area (Å²) in [7, 11) is 4.30. The van der Waals surface area contributed by atoms with Crippen molar-refractivity contribution in [2.24, 2.45) is 40.9 Å². The molecule has 1 saturated heterocycles. The first-order valence-electron chi connectivity index (χ1n) is 26.3. The topological polar surface area (TPSA) is 270 Å². The average molecular weight is 1050 g/mol. The highest BCUT2D eigenvalue weighted by atomic mass is 16.6. The highest BCUT2D eigenvalue weighted by Gasteiger charge is 2.44. The monoisotopic (exact) mass is 1050 g/mol. The molecule has 2 heterocycles. The molecule has 2 fully saturated rings.